The van der Waals surface area contributed by atoms with Gasteiger partial charge in [-0.05, 0) is 18.2 Å². The van der Waals surface area contributed by atoms with E-state index in [0.29, 0.717) is 0 Å². The SMILES string of the molecule is O=[N+]([O-])c1cc(Cl)c(Cl)cc1C=NNc1ccccc1. The Kier molecular flexibility index (Phi) is 4.55. The molecule has 0 fully saturated rings. The van der Waals surface area contributed by atoms with Crippen molar-refractivity contribution in [2.45, 2.75) is 0 Å². The van der Waals surface area contributed by atoms with E-state index < -0.39 is 4.92 Å². The highest BCUT2D eigenvalue weighted by molar-refractivity contribution is 6.42. The molecule has 2 aromatic rings. The van der Waals surface area contributed by atoms with E-state index in [0.717, 1.165) is 5.69 Å². The lowest BCUT2D eigenvalue weighted by molar-refractivity contribution is -0.385. The molecule has 0 aliphatic heterocycles. The van der Waals surface area contributed by atoms with Crippen molar-refractivity contribution < 1.29 is 4.92 Å². The first-order chi connectivity index (χ1) is 9.58. The Morgan fingerprint density at radius 3 is 2.45 bits per heavy atom. The summed E-state index contributed by atoms with van der Waals surface area (Å²) in [6.07, 6.45) is 1.33. The fourth-order valence-electron chi connectivity index (χ4n) is 1.50. The maximum Gasteiger partial charge on any atom is 0.279 e. The average molecular weight is 310 g/mol. The number of hydrogen-bond acceptors (Lipinski definition) is 4. The van der Waals surface area contributed by atoms with Gasteiger partial charge in [0.25, 0.3) is 5.69 Å². The van der Waals surface area contributed by atoms with Crippen molar-refractivity contribution in [1.82, 2.24) is 0 Å². The molecule has 2 rings (SSSR count). The van der Waals surface area contributed by atoms with E-state index in [2.05, 4.69) is 10.5 Å². The molecular weight excluding hydrogens is 301 g/mol. The summed E-state index contributed by atoms with van der Waals surface area (Å²) in [5.74, 6) is 0. The zero-order valence-corrected chi connectivity index (χ0v) is 11.6. The van der Waals surface area contributed by atoms with Crippen molar-refractivity contribution in [3.05, 3.63) is 68.2 Å². The first-order valence-electron chi connectivity index (χ1n) is 5.55. The fourth-order valence-corrected chi connectivity index (χ4v) is 1.83. The topological polar surface area (TPSA) is 67.5 Å². The van der Waals surface area contributed by atoms with Gasteiger partial charge in [0.05, 0.1) is 32.4 Å². The van der Waals surface area contributed by atoms with Gasteiger partial charge in [0, 0.05) is 6.07 Å². The summed E-state index contributed by atoms with van der Waals surface area (Å²) in [6.45, 7) is 0. The number of nitro groups is 1. The summed E-state index contributed by atoms with van der Waals surface area (Å²) in [5.41, 5.74) is 3.65. The molecule has 0 heterocycles. The Morgan fingerprint density at radius 2 is 1.80 bits per heavy atom. The van der Waals surface area contributed by atoms with Crippen LogP contribution >= 0.6 is 23.2 Å². The molecule has 0 unspecified atom stereocenters. The number of hydrogen-bond donors (Lipinski definition) is 1. The van der Waals surface area contributed by atoms with E-state index in [-0.39, 0.29) is 21.3 Å². The van der Waals surface area contributed by atoms with Crippen molar-refractivity contribution in [3.63, 3.8) is 0 Å². The minimum atomic E-state index is -0.536. The van der Waals surface area contributed by atoms with Crippen LogP contribution in [0.3, 0.4) is 0 Å². The van der Waals surface area contributed by atoms with Crippen LogP contribution in [0.1, 0.15) is 5.56 Å². The predicted octanol–water partition coefficient (Wildman–Crippen LogP) is 4.35. The summed E-state index contributed by atoms with van der Waals surface area (Å²) in [7, 11) is 0. The lowest BCUT2D eigenvalue weighted by Gasteiger charge is -2.01. The standard InChI is InChI=1S/C13H9Cl2N3O2/c14-11-6-9(13(18(19)20)7-12(11)15)8-16-17-10-4-2-1-3-5-10/h1-8,17H. The number of halogens is 2. The molecule has 0 saturated carbocycles. The summed E-state index contributed by atoms with van der Waals surface area (Å²) in [6, 6.07) is 11.8. The molecule has 20 heavy (non-hydrogen) atoms. The molecule has 0 spiro atoms. The van der Waals surface area contributed by atoms with Crippen molar-refractivity contribution in [2.75, 3.05) is 5.43 Å². The van der Waals surface area contributed by atoms with Crippen molar-refractivity contribution >= 4 is 40.8 Å². The molecule has 1 N–H and O–H groups in total. The van der Waals surface area contributed by atoms with Crippen LogP contribution in [0.15, 0.2) is 47.6 Å². The van der Waals surface area contributed by atoms with Gasteiger partial charge < -0.3 is 0 Å². The second-order valence-corrected chi connectivity index (χ2v) is 4.63. The number of para-hydroxylation sites is 1. The van der Waals surface area contributed by atoms with Gasteiger partial charge in [-0.1, -0.05) is 41.4 Å². The summed E-state index contributed by atoms with van der Waals surface area (Å²) in [5, 5.41) is 15.3. The van der Waals surface area contributed by atoms with Gasteiger partial charge in [-0.25, -0.2) is 0 Å². The Bertz CT molecular complexity index is 660. The number of hydrazone groups is 1. The van der Waals surface area contributed by atoms with Gasteiger partial charge in [0.15, 0.2) is 0 Å². The molecule has 2 aromatic carbocycles. The number of benzene rings is 2. The van der Waals surface area contributed by atoms with Crippen LogP contribution in [0.25, 0.3) is 0 Å². The van der Waals surface area contributed by atoms with E-state index >= 15 is 0 Å². The zero-order chi connectivity index (χ0) is 14.5. The molecule has 0 atom stereocenters. The lowest BCUT2D eigenvalue weighted by Crippen LogP contribution is -1.97. The van der Waals surface area contributed by atoms with Crippen LogP contribution in [-0.4, -0.2) is 11.1 Å². The van der Waals surface area contributed by atoms with Crippen LogP contribution in [0.4, 0.5) is 11.4 Å². The highest BCUT2D eigenvalue weighted by Crippen LogP contribution is 2.29. The minimum absolute atomic E-state index is 0.131. The molecule has 0 saturated heterocycles. The molecule has 0 bridgehead atoms. The third-order valence-corrected chi connectivity index (χ3v) is 3.16. The smallest absolute Gasteiger partial charge is 0.279 e. The first-order valence-corrected chi connectivity index (χ1v) is 6.31. The molecule has 0 radical (unpaired) electrons. The van der Waals surface area contributed by atoms with Crippen LogP contribution in [0, 0.1) is 10.1 Å². The number of nitrogens with zero attached hydrogens (tertiary/aromatic N) is 2. The van der Waals surface area contributed by atoms with Crippen LogP contribution in [-0.2, 0) is 0 Å². The second-order valence-electron chi connectivity index (χ2n) is 3.82. The second kappa shape index (κ2) is 6.36. The van der Waals surface area contributed by atoms with Crippen molar-refractivity contribution in [2.24, 2.45) is 5.10 Å². The molecule has 0 aliphatic rings. The monoisotopic (exact) mass is 309 g/mol. The zero-order valence-electron chi connectivity index (χ0n) is 10.1. The highest BCUT2D eigenvalue weighted by Gasteiger charge is 2.15. The molecule has 102 valence electrons. The van der Waals surface area contributed by atoms with Gasteiger partial charge in [0.2, 0.25) is 0 Å². The largest absolute Gasteiger partial charge is 0.279 e. The van der Waals surface area contributed by atoms with Crippen molar-refractivity contribution in [3.8, 4) is 0 Å². The van der Waals surface area contributed by atoms with E-state index in [4.69, 9.17) is 23.2 Å². The number of rotatable bonds is 4. The van der Waals surface area contributed by atoms with Gasteiger partial charge in [-0.2, -0.15) is 5.10 Å². The quantitative estimate of drug-likeness (QED) is 0.518. The summed E-state index contributed by atoms with van der Waals surface area (Å²) in [4.78, 5) is 10.4. The maximum atomic E-state index is 10.9. The Hall–Kier alpha value is -2.11. The Labute approximate surface area is 125 Å². The highest BCUT2D eigenvalue weighted by atomic mass is 35.5. The molecule has 0 aliphatic carbocycles. The van der Waals surface area contributed by atoms with Gasteiger partial charge in [-0.3, -0.25) is 15.5 Å². The fraction of sp³-hybridized carbons (Fsp3) is 0. The van der Waals surface area contributed by atoms with Gasteiger partial charge in [0.1, 0.15) is 0 Å². The summed E-state index contributed by atoms with van der Waals surface area (Å²) < 4.78 is 0. The van der Waals surface area contributed by atoms with E-state index in [1.54, 1.807) is 0 Å². The van der Waals surface area contributed by atoms with E-state index in [1.807, 2.05) is 30.3 Å². The average Bonchev–Trinajstić information content (AvgIpc) is 2.43. The maximum absolute atomic E-state index is 10.9. The third kappa shape index (κ3) is 3.46. The minimum Gasteiger partial charge on any atom is -0.279 e. The molecule has 5 nitrogen and oxygen atoms in total. The third-order valence-electron chi connectivity index (χ3n) is 2.44. The van der Waals surface area contributed by atoms with E-state index in [9.17, 15) is 10.1 Å². The first kappa shape index (κ1) is 14.3. The molecule has 0 amide bonds. The number of nitro benzene ring substituents is 1. The number of anilines is 1. The molecular formula is C13H9Cl2N3O2. The molecule has 0 aromatic heterocycles. The van der Waals surface area contributed by atoms with E-state index in [1.165, 1.54) is 18.3 Å². The number of nitrogens with one attached hydrogen (secondary N) is 1. The normalized spacial score (nSPS) is 10.7. The van der Waals surface area contributed by atoms with Gasteiger partial charge >= 0.3 is 0 Å². The van der Waals surface area contributed by atoms with Crippen LogP contribution in [0.2, 0.25) is 10.0 Å². The lowest BCUT2D eigenvalue weighted by atomic mass is 10.2. The predicted molar refractivity (Wildman–Crippen MR) is 80.8 cm³/mol. The van der Waals surface area contributed by atoms with Crippen molar-refractivity contribution in [1.29, 1.82) is 0 Å². The molecule has 7 heteroatoms. The Morgan fingerprint density at radius 1 is 1.15 bits per heavy atom. The van der Waals surface area contributed by atoms with Crippen LogP contribution < -0.4 is 5.43 Å². The summed E-state index contributed by atoms with van der Waals surface area (Å²) >= 11 is 11.6. The Balaban J connectivity index is 2.24. The van der Waals surface area contributed by atoms with Gasteiger partial charge in [-0.15, -0.1) is 0 Å². The van der Waals surface area contributed by atoms with Crippen LogP contribution in [0.5, 0.6) is 0 Å².